The van der Waals surface area contributed by atoms with Crippen LogP contribution in [0.25, 0.3) is 0 Å². The van der Waals surface area contributed by atoms with Crippen LogP contribution in [0, 0.1) is 17.8 Å². The minimum Gasteiger partial charge on any atom is -0.456 e. The summed E-state index contributed by atoms with van der Waals surface area (Å²) in [6.45, 7) is 5.87. The predicted molar refractivity (Wildman–Crippen MR) is 102 cm³/mol. The van der Waals surface area contributed by atoms with Gasteiger partial charge in [-0.05, 0) is 60.1 Å². The number of esters is 1. The highest BCUT2D eigenvalue weighted by molar-refractivity contribution is 6.05. The van der Waals surface area contributed by atoms with E-state index < -0.39 is 18.4 Å². The predicted octanol–water partition coefficient (Wildman–Crippen LogP) is 3.61. The summed E-state index contributed by atoms with van der Waals surface area (Å²) in [6, 6.07) is 7.16. The fraction of sp³-hybridized carbons (Fsp3) is 0.591. The quantitative estimate of drug-likeness (QED) is 0.803. The van der Waals surface area contributed by atoms with Gasteiger partial charge in [-0.15, -0.1) is 0 Å². The van der Waals surface area contributed by atoms with Crippen LogP contribution in [0.4, 0.5) is 0 Å². The van der Waals surface area contributed by atoms with Gasteiger partial charge in [0.1, 0.15) is 0 Å². The second-order valence-electron chi connectivity index (χ2n) is 9.00. The van der Waals surface area contributed by atoms with E-state index in [0.717, 1.165) is 17.9 Å². The number of hydrogen-bond acceptors (Lipinski definition) is 4. The van der Waals surface area contributed by atoms with Crippen LogP contribution in [0.1, 0.15) is 68.8 Å². The van der Waals surface area contributed by atoms with Gasteiger partial charge in [-0.3, -0.25) is 19.7 Å². The topological polar surface area (TPSA) is 72.5 Å². The number of imide groups is 1. The molecule has 5 heteroatoms. The number of amides is 2. The minimum absolute atomic E-state index is 0.00214. The highest BCUT2D eigenvalue weighted by atomic mass is 16.5. The van der Waals surface area contributed by atoms with E-state index >= 15 is 0 Å². The van der Waals surface area contributed by atoms with Crippen LogP contribution in [-0.2, 0) is 19.7 Å². The standard InChI is InChI=1S/C22H29NO4/c1-22(2,3)18-8-6-15(7-9-18)21(26)23-19(24)13-27-20(25)12-17-11-14-4-5-16(17)10-14/h6-9,14,16-17H,4-5,10-13H2,1-3H3,(H,23,24,26)/t14-,16+,17-/m0/s1. The zero-order valence-electron chi connectivity index (χ0n) is 16.4. The fourth-order valence-corrected chi connectivity index (χ4v) is 4.40. The fourth-order valence-electron chi connectivity index (χ4n) is 4.40. The summed E-state index contributed by atoms with van der Waals surface area (Å²) in [6.07, 6.45) is 5.23. The Labute approximate surface area is 160 Å². The van der Waals surface area contributed by atoms with Gasteiger partial charge < -0.3 is 4.74 Å². The monoisotopic (exact) mass is 371 g/mol. The molecule has 0 aliphatic heterocycles. The van der Waals surface area contributed by atoms with Crippen molar-refractivity contribution >= 4 is 17.8 Å². The summed E-state index contributed by atoms with van der Waals surface area (Å²) in [5, 5.41) is 2.28. The number of fused-ring (bicyclic) bond motifs is 2. The maximum atomic E-state index is 12.2. The van der Waals surface area contributed by atoms with Gasteiger partial charge in [-0.1, -0.05) is 39.3 Å². The van der Waals surface area contributed by atoms with E-state index in [0.29, 0.717) is 23.8 Å². The normalized spacial score (nSPS) is 23.9. The molecule has 2 amide bonds. The molecule has 2 saturated carbocycles. The molecule has 0 aromatic heterocycles. The van der Waals surface area contributed by atoms with Gasteiger partial charge in [0.15, 0.2) is 6.61 Å². The molecule has 0 spiro atoms. The van der Waals surface area contributed by atoms with Gasteiger partial charge in [-0.2, -0.15) is 0 Å². The SMILES string of the molecule is CC(C)(C)c1ccc(C(=O)NC(=O)COC(=O)C[C@@H]2C[C@H]3CC[C@@H]2C3)cc1. The molecule has 146 valence electrons. The summed E-state index contributed by atoms with van der Waals surface area (Å²) in [4.78, 5) is 36.0. The Morgan fingerprint density at radius 3 is 2.33 bits per heavy atom. The molecule has 0 radical (unpaired) electrons. The first-order valence-corrected chi connectivity index (χ1v) is 9.82. The Bertz CT molecular complexity index is 717. The molecule has 0 unspecified atom stereocenters. The van der Waals surface area contributed by atoms with Crippen LogP contribution in [0.2, 0.25) is 0 Å². The number of rotatable bonds is 5. The van der Waals surface area contributed by atoms with Crippen molar-refractivity contribution in [2.45, 2.75) is 58.3 Å². The summed E-state index contributed by atoms with van der Waals surface area (Å²) in [5.41, 5.74) is 1.52. The molecule has 3 rings (SSSR count). The molecule has 1 aromatic rings. The number of carbonyl (C=O) groups is 3. The Morgan fingerprint density at radius 2 is 1.78 bits per heavy atom. The minimum atomic E-state index is -0.596. The van der Waals surface area contributed by atoms with E-state index in [4.69, 9.17) is 4.74 Å². The van der Waals surface area contributed by atoms with Crippen LogP contribution >= 0.6 is 0 Å². The van der Waals surface area contributed by atoms with E-state index in [-0.39, 0.29) is 11.4 Å². The molecule has 2 bridgehead atoms. The van der Waals surface area contributed by atoms with Gasteiger partial charge >= 0.3 is 5.97 Å². The van der Waals surface area contributed by atoms with E-state index in [1.54, 1.807) is 12.1 Å². The van der Waals surface area contributed by atoms with Crippen molar-refractivity contribution in [3.63, 3.8) is 0 Å². The highest BCUT2D eigenvalue weighted by Crippen LogP contribution is 2.49. The average molecular weight is 371 g/mol. The van der Waals surface area contributed by atoms with Crippen molar-refractivity contribution in [2.24, 2.45) is 17.8 Å². The molecule has 0 saturated heterocycles. The highest BCUT2D eigenvalue weighted by Gasteiger charge is 2.40. The Hall–Kier alpha value is -2.17. The van der Waals surface area contributed by atoms with Crippen molar-refractivity contribution in [1.82, 2.24) is 5.32 Å². The van der Waals surface area contributed by atoms with Crippen molar-refractivity contribution in [1.29, 1.82) is 0 Å². The maximum absolute atomic E-state index is 12.2. The third kappa shape index (κ3) is 4.96. The Balaban J connectivity index is 1.42. The molecule has 1 N–H and O–H groups in total. The molecule has 1 aromatic carbocycles. The molecule has 3 atom stereocenters. The van der Waals surface area contributed by atoms with Crippen LogP contribution in [0.5, 0.6) is 0 Å². The maximum Gasteiger partial charge on any atom is 0.306 e. The Kier molecular flexibility index (Phi) is 5.68. The molecule has 27 heavy (non-hydrogen) atoms. The van der Waals surface area contributed by atoms with Gasteiger partial charge in [0.25, 0.3) is 11.8 Å². The lowest BCUT2D eigenvalue weighted by Gasteiger charge is -2.20. The van der Waals surface area contributed by atoms with Crippen molar-refractivity contribution in [3.8, 4) is 0 Å². The summed E-state index contributed by atoms with van der Waals surface area (Å²) >= 11 is 0. The first-order valence-electron chi connectivity index (χ1n) is 9.82. The number of hydrogen-bond donors (Lipinski definition) is 1. The zero-order valence-corrected chi connectivity index (χ0v) is 16.4. The van der Waals surface area contributed by atoms with Gasteiger partial charge in [0.05, 0.1) is 0 Å². The smallest absolute Gasteiger partial charge is 0.306 e. The number of benzene rings is 1. The van der Waals surface area contributed by atoms with Gasteiger partial charge in [0.2, 0.25) is 0 Å². The molecule has 2 aliphatic carbocycles. The molecule has 2 fully saturated rings. The average Bonchev–Trinajstić information content (AvgIpc) is 3.22. The molecule has 5 nitrogen and oxygen atoms in total. The second-order valence-corrected chi connectivity index (χ2v) is 9.00. The van der Waals surface area contributed by atoms with Crippen LogP contribution in [-0.4, -0.2) is 24.4 Å². The van der Waals surface area contributed by atoms with Gasteiger partial charge in [0, 0.05) is 12.0 Å². The second kappa shape index (κ2) is 7.83. The third-order valence-corrected chi connectivity index (χ3v) is 5.94. The van der Waals surface area contributed by atoms with Crippen molar-refractivity contribution in [2.75, 3.05) is 6.61 Å². The van der Waals surface area contributed by atoms with Crippen LogP contribution in [0.15, 0.2) is 24.3 Å². The first-order chi connectivity index (χ1) is 12.7. The molecular formula is C22H29NO4. The van der Waals surface area contributed by atoms with E-state index in [1.165, 1.54) is 19.3 Å². The van der Waals surface area contributed by atoms with Gasteiger partial charge in [-0.25, -0.2) is 0 Å². The lowest BCUT2D eigenvalue weighted by atomic mass is 9.86. The summed E-state index contributed by atoms with van der Waals surface area (Å²) in [7, 11) is 0. The lowest BCUT2D eigenvalue weighted by molar-refractivity contribution is -0.149. The van der Waals surface area contributed by atoms with E-state index in [9.17, 15) is 14.4 Å². The zero-order chi connectivity index (χ0) is 19.6. The number of ether oxygens (including phenoxy) is 1. The van der Waals surface area contributed by atoms with Crippen LogP contribution < -0.4 is 5.32 Å². The van der Waals surface area contributed by atoms with E-state index in [2.05, 4.69) is 26.1 Å². The summed E-state index contributed by atoms with van der Waals surface area (Å²) < 4.78 is 5.07. The lowest BCUT2D eigenvalue weighted by Crippen LogP contribution is -2.34. The summed E-state index contributed by atoms with van der Waals surface area (Å²) in [5.74, 6) is 0.408. The van der Waals surface area contributed by atoms with Crippen LogP contribution in [0.3, 0.4) is 0 Å². The molecule has 2 aliphatic rings. The van der Waals surface area contributed by atoms with E-state index in [1.807, 2.05) is 12.1 Å². The van der Waals surface area contributed by atoms with Crippen molar-refractivity contribution in [3.05, 3.63) is 35.4 Å². The number of nitrogens with one attached hydrogen (secondary N) is 1. The Morgan fingerprint density at radius 1 is 1.07 bits per heavy atom. The molecular weight excluding hydrogens is 342 g/mol. The number of carbonyl (C=O) groups excluding carboxylic acids is 3. The largest absolute Gasteiger partial charge is 0.456 e. The first kappa shape index (κ1) is 19.6. The molecule has 0 heterocycles. The third-order valence-electron chi connectivity index (χ3n) is 5.94. The van der Waals surface area contributed by atoms with Crippen molar-refractivity contribution < 1.29 is 19.1 Å².